The van der Waals surface area contributed by atoms with Gasteiger partial charge < -0.3 is 19.3 Å². The maximum Gasteiger partial charge on any atom is 0.410 e. The standard InChI is InChI=1S/C20H37N3O6/c1-9-11-12-13-29-19(26)16(5)22(7)17(24)14(3)21(6)18(25)15(4)23(8)20(27)28-10-2/h14-16H,9-13H2,1-8H3. The molecule has 0 aliphatic heterocycles. The van der Waals surface area contributed by atoms with Gasteiger partial charge >= 0.3 is 12.1 Å². The highest BCUT2D eigenvalue weighted by Gasteiger charge is 2.34. The van der Waals surface area contributed by atoms with Crippen LogP contribution in [0.2, 0.25) is 0 Å². The third kappa shape index (κ3) is 7.91. The largest absolute Gasteiger partial charge is 0.464 e. The number of rotatable bonds is 11. The van der Waals surface area contributed by atoms with Crippen LogP contribution in [0.25, 0.3) is 0 Å². The molecule has 0 saturated carbocycles. The van der Waals surface area contributed by atoms with Gasteiger partial charge in [-0.2, -0.15) is 0 Å². The van der Waals surface area contributed by atoms with Crippen molar-refractivity contribution in [2.24, 2.45) is 0 Å². The number of carbonyl (C=O) groups excluding carboxylic acids is 4. The third-order valence-electron chi connectivity index (χ3n) is 5.04. The Morgan fingerprint density at radius 3 is 1.69 bits per heavy atom. The Balaban J connectivity index is 4.91. The molecule has 0 saturated heterocycles. The van der Waals surface area contributed by atoms with Crippen molar-refractivity contribution in [3.63, 3.8) is 0 Å². The minimum atomic E-state index is -0.819. The van der Waals surface area contributed by atoms with Crippen LogP contribution in [0.1, 0.15) is 53.9 Å². The van der Waals surface area contributed by atoms with E-state index in [1.54, 1.807) is 27.7 Å². The van der Waals surface area contributed by atoms with Gasteiger partial charge in [0.25, 0.3) is 0 Å². The molecule has 0 aromatic carbocycles. The molecule has 168 valence electrons. The molecule has 0 spiro atoms. The molecule has 3 unspecified atom stereocenters. The molecule has 9 nitrogen and oxygen atoms in total. The van der Waals surface area contributed by atoms with Crippen molar-refractivity contribution >= 4 is 23.9 Å². The number of amides is 3. The number of ether oxygens (including phenoxy) is 2. The molecule has 3 amide bonds. The molecule has 0 heterocycles. The quantitative estimate of drug-likeness (QED) is 0.378. The van der Waals surface area contributed by atoms with Crippen molar-refractivity contribution in [1.82, 2.24) is 14.7 Å². The maximum absolute atomic E-state index is 12.8. The normalized spacial score (nSPS) is 13.7. The van der Waals surface area contributed by atoms with Crippen molar-refractivity contribution in [3.8, 4) is 0 Å². The lowest BCUT2D eigenvalue weighted by atomic mass is 10.2. The van der Waals surface area contributed by atoms with Gasteiger partial charge in [0.2, 0.25) is 11.8 Å². The lowest BCUT2D eigenvalue weighted by molar-refractivity contribution is -0.156. The van der Waals surface area contributed by atoms with E-state index in [0.717, 1.165) is 19.3 Å². The molecule has 0 bridgehead atoms. The average molecular weight is 416 g/mol. The Hall–Kier alpha value is -2.32. The minimum Gasteiger partial charge on any atom is -0.464 e. The average Bonchev–Trinajstić information content (AvgIpc) is 2.72. The van der Waals surface area contributed by atoms with Gasteiger partial charge in [-0.15, -0.1) is 0 Å². The van der Waals surface area contributed by atoms with E-state index >= 15 is 0 Å². The Bertz CT molecular complexity index is 568. The predicted molar refractivity (Wildman–Crippen MR) is 109 cm³/mol. The van der Waals surface area contributed by atoms with E-state index in [0.29, 0.717) is 6.61 Å². The highest BCUT2D eigenvalue weighted by Crippen LogP contribution is 2.10. The van der Waals surface area contributed by atoms with Gasteiger partial charge in [-0.25, -0.2) is 9.59 Å². The summed E-state index contributed by atoms with van der Waals surface area (Å²) in [5.41, 5.74) is 0. The van der Waals surface area contributed by atoms with Gasteiger partial charge in [0.15, 0.2) is 0 Å². The molecule has 3 atom stereocenters. The SMILES string of the molecule is CCCCCOC(=O)C(C)N(C)C(=O)C(C)N(C)C(=O)C(C)N(C)C(=O)OCC. The van der Waals surface area contributed by atoms with Crippen LogP contribution in [0.5, 0.6) is 0 Å². The first-order chi connectivity index (χ1) is 13.5. The molecule has 0 aliphatic carbocycles. The number of nitrogens with zero attached hydrogens (tertiary/aromatic N) is 3. The summed E-state index contributed by atoms with van der Waals surface area (Å²) < 4.78 is 10.1. The van der Waals surface area contributed by atoms with Crippen molar-refractivity contribution in [2.45, 2.75) is 72.0 Å². The first-order valence-electron chi connectivity index (χ1n) is 10.1. The summed E-state index contributed by atoms with van der Waals surface area (Å²) in [7, 11) is 4.45. The number of likely N-dealkylation sites (N-methyl/N-ethyl adjacent to an activating group) is 3. The molecule has 0 N–H and O–H groups in total. The maximum atomic E-state index is 12.8. The van der Waals surface area contributed by atoms with Gasteiger partial charge in [0, 0.05) is 21.1 Å². The van der Waals surface area contributed by atoms with E-state index in [9.17, 15) is 19.2 Å². The van der Waals surface area contributed by atoms with Crippen LogP contribution in [-0.2, 0) is 23.9 Å². The fraction of sp³-hybridized carbons (Fsp3) is 0.800. The number of unbranched alkanes of at least 4 members (excludes halogenated alkanes) is 2. The second-order valence-corrected chi connectivity index (χ2v) is 7.11. The fourth-order valence-electron chi connectivity index (χ4n) is 2.49. The molecule has 29 heavy (non-hydrogen) atoms. The van der Waals surface area contributed by atoms with Gasteiger partial charge in [-0.3, -0.25) is 14.5 Å². The summed E-state index contributed by atoms with van der Waals surface area (Å²) >= 11 is 0. The van der Waals surface area contributed by atoms with Crippen molar-refractivity contribution in [2.75, 3.05) is 34.4 Å². The zero-order chi connectivity index (χ0) is 22.7. The molecule has 9 heteroatoms. The van der Waals surface area contributed by atoms with Crippen LogP contribution in [0.3, 0.4) is 0 Å². The van der Waals surface area contributed by atoms with Gasteiger partial charge in [-0.05, 0) is 34.1 Å². The van der Waals surface area contributed by atoms with Crippen LogP contribution in [0.4, 0.5) is 4.79 Å². The molecule has 0 aromatic heterocycles. The smallest absolute Gasteiger partial charge is 0.410 e. The number of hydrogen-bond acceptors (Lipinski definition) is 6. The monoisotopic (exact) mass is 415 g/mol. The molecule has 0 aromatic rings. The summed E-state index contributed by atoms with van der Waals surface area (Å²) in [6.45, 7) is 8.99. The van der Waals surface area contributed by atoms with Gasteiger partial charge in [0.05, 0.1) is 13.2 Å². The molecule has 0 aliphatic rings. The van der Waals surface area contributed by atoms with Gasteiger partial charge in [0.1, 0.15) is 18.1 Å². The number of esters is 1. The lowest BCUT2D eigenvalue weighted by Gasteiger charge is -2.33. The Kier molecular flexibility index (Phi) is 12.0. The zero-order valence-electron chi connectivity index (χ0n) is 19.1. The van der Waals surface area contributed by atoms with E-state index in [1.807, 2.05) is 0 Å². The molecule has 0 fully saturated rings. The van der Waals surface area contributed by atoms with E-state index in [1.165, 1.54) is 35.8 Å². The van der Waals surface area contributed by atoms with E-state index in [4.69, 9.17) is 9.47 Å². The Morgan fingerprint density at radius 2 is 1.21 bits per heavy atom. The highest BCUT2D eigenvalue weighted by atomic mass is 16.6. The second-order valence-electron chi connectivity index (χ2n) is 7.11. The Labute approximate surface area is 174 Å². The minimum absolute atomic E-state index is 0.200. The molecule has 0 radical (unpaired) electrons. The van der Waals surface area contributed by atoms with Crippen LogP contribution >= 0.6 is 0 Å². The lowest BCUT2D eigenvalue weighted by Crippen LogP contribution is -2.54. The molecular formula is C20H37N3O6. The topological polar surface area (TPSA) is 96.5 Å². The van der Waals surface area contributed by atoms with E-state index in [2.05, 4.69) is 6.92 Å². The zero-order valence-corrected chi connectivity index (χ0v) is 19.1. The van der Waals surface area contributed by atoms with Crippen molar-refractivity contribution in [3.05, 3.63) is 0 Å². The molecular weight excluding hydrogens is 378 g/mol. The van der Waals surface area contributed by atoms with Crippen molar-refractivity contribution < 1.29 is 28.7 Å². The molecule has 0 rings (SSSR count). The fourth-order valence-corrected chi connectivity index (χ4v) is 2.49. The third-order valence-corrected chi connectivity index (χ3v) is 5.04. The Morgan fingerprint density at radius 1 is 0.724 bits per heavy atom. The summed E-state index contributed by atoms with van der Waals surface area (Å²) in [6.07, 6.45) is 2.16. The van der Waals surface area contributed by atoms with E-state index in [-0.39, 0.29) is 6.61 Å². The first kappa shape index (κ1) is 26.7. The van der Waals surface area contributed by atoms with E-state index < -0.39 is 42.0 Å². The van der Waals surface area contributed by atoms with Crippen LogP contribution in [0.15, 0.2) is 0 Å². The highest BCUT2D eigenvalue weighted by molar-refractivity contribution is 5.92. The van der Waals surface area contributed by atoms with Crippen LogP contribution < -0.4 is 0 Å². The predicted octanol–water partition coefficient (Wildman–Crippen LogP) is 1.89. The van der Waals surface area contributed by atoms with Crippen LogP contribution in [0, 0.1) is 0 Å². The van der Waals surface area contributed by atoms with Gasteiger partial charge in [-0.1, -0.05) is 19.8 Å². The summed E-state index contributed by atoms with van der Waals surface area (Å²) in [5.74, 6) is -1.29. The second kappa shape index (κ2) is 13.0. The summed E-state index contributed by atoms with van der Waals surface area (Å²) in [5, 5.41) is 0. The number of hydrogen-bond donors (Lipinski definition) is 0. The summed E-state index contributed by atoms with van der Waals surface area (Å²) in [4.78, 5) is 53.1. The number of carbonyl (C=O) groups is 4. The first-order valence-corrected chi connectivity index (χ1v) is 10.1. The van der Waals surface area contributed by atoms with Crippen LogP contribution in [-0.4, -0.2) is 91.1 Å². The summed E-state index contributed by atoms with van der Waals surface area (Å²) in [6, 6.07) is -2.39. The van der Waals surface area contributed by atoms with Crippen molar-refractivity contribution in [1.29, 1.82) is 0 Å².